The highest BCUT2D eigenvalue weighted by atomic mass is 35.5. The Morgan fingerprint density at radius 2 is 1.97 bits per heavy atom. The predicted octanol–water partition coefficient (Wildman–Crippen LogP) is 5.75. The Balaban J connectivity index is 1.44. The number of carbonyl (C=O) groups excluding carboxylic acids is 1. The van der Waals surface area contributed by atoms with Crippen LogP contribution in [0.5, 0.6) is 0 Å². The Labute approximate surface area is 215 Å². The molecule has 2 aromatic carbocycles. The fraction of sp³-hybridized carbons (Fsp3) is 0.241. The number of pyridine rings is 2. The third-order valence-electron chi connectivity index (χ3n) is 6.28. The average Bonchev–Trinajstić information content (AvgIpc) is 3.23. The maximum atomic E-state index is 12.9. The van der Waals surface area contributed by atoms with E-state index in [4.69, 9.17) is 26.4 Å². The van der Waals surface area contributed by atoms with Crippen LogP contribution in [-0.2, 0) is 22.6 Å². The van der Waals surface area contributed by atoms with Crippen LogP contribution in [0.1, 0.15) is 35.4 Å². The van der Waals surface area contributed by atoms with Gasteiger partial charge in [-0.3, -0.25) is 14.8 Å². The number of hydrogen-bond acceptors (Lipinski definition) is 5. The molecule has 1 saturated heterocycles. The Kier molecular flexibility index (Phi) is 7.35. The van der Waals surface area contributed by atoms with Crippen molar-refractivity contribution in [2.45, 2.75) is 38.8 Å². The van der Waals surface area contributed by atoms with Gasteiger partial charge in [-0.15, -0.1) is 0 Å². The number of aromatic nitrogens is 2. The van der Waals surface area contributed by atoms with E-state index in [9.17, 15) is 4.79 Å². The van der Waals surface area contributed by atoms with Crippen LogP contribution < -0.4 is 0 Å². The van der Waals surface area contributed by atoms with Crippen molar-refractivity contribution in [3.63, 3.8) is 0 Å². The van der Waals surface area contributed by atoms with E-state index >= 15 is 0 Å². The van der Waals surface area contributed by atoms with Gasteiger partial charge in [0.05, 0.1) is 36.2 Å². The van der Waals surface area contributed by atoms with E-state index in [0.717, 1.165) is 39.1 Å². The SMILES string of the molecule is Cc1cccc(C(Cc2ccnc3cc(Cl)ccc23)=NN2C(=O)CC[C@H]2COCc2ccccc2)n1. The molecule has 1 aliphatic heterocycles. The van der Waals surface area contributed by atoms with Gasteiger partial charge in [0.25, 0.3) is 0 Å². The number of benzene rings is 2. The van der Waals surface area contributed by atoms with E-state index in [0.29, 0.717) is 37.5 Å². The van der Waals surface area contributed by atoms with Gasteiger partial charge < -0.3 is 4.74 Å². The van der Waals surface area contributed by atoms with Crippen molar-refractivity contribution < 1.29 is 9.53 Å². The van der Waals surface area contributed by atoms with Crippen molar-refractivity contribution in [3.05, 3.63) is 107 Å². The van der Waals surface area contributed by atoms with Gasteiger partial charge in [-0.25, -0.2) is 5.01 Å². The fourth-order valence-electron chi connectivity index (χ4n) is 4.43. The molecule has 0 N–H and O–H groups in total. The Morgan fingerprint density at radius 3 is 2.81 bits per heavy atom. The van der Waals surface area contributed by atoms with Gasteiger partial charge >= 0.3 is 0 Å². The number of hydrogen-bond donors (Lipinski definition) is 0. The number of amides is 1. The molecule has 0 saturated carbocycles. The summed E-state index contributed by atoms with van der Waals surface area (Å²) in [6.45, 7) is 2.88. The predicted molar refractivity (Wildman–Crippen MR) is 142 cm³/mol. The smallest absolute Gasteiger partial charge is 0.243 e. The first-order chi connectivity index (χ1) is 17.6. The number of halogens is 1. The minimum atomic E-state index is -0.117. The van der Waals surface area contributed by atoms with Crippen molar-refractivity contribution in [2.24, 2.45) is 5.10 Å². The normalized spacial score (nSPS) is 16.2. The molecular formula is C29H27ClN4O2. The molecule has 3 heterocycles. The second-order valence-electron chi connectivity index (χ2n) is 8.95. The van der Waals surface area contributed by atoms with Gasteiger partial charge in [0, 0.05) is 35.1 Å². The maximum Gasteiger partial charge on any atom is 0.243 e. The minimum absolute atomic E-state index is 0.000155. The Hall–Kier alpha value is -3.61. The van der Waals surface area contributed by atoms with Gasteiger partial charge in [0.15, 0.2) is 0 Å². The quantitative estimate of drug-likeness (QED) is 0.290. The summed E-state index contributed by atoms with van der Waals surface area (Å²) < 4.78 is 5.98. The first kappa shape index (κ1) is 24.1. The summed E-state index contributed by atoms with van der Waals surface area (Å²) >= 11 is 6.19. The second-order valence-corrected chi connectivity index (χ2v) is 9.39. The summed E-state index contributed by atoms with van der Waals surface area (Å²) in [5, 5.41) is 8.15. The van der Waals surface area contributed by atoms with Gasteiger partial charge in [-0.05, 0) is 54.8 Å². The van der Waals surface area contributed by atoms with Crippen LogP contribution in [0.4, 0.5) is 0 Å². The zero-order valence-electron chi connectivity index (χ0n) is 20.1. The number of carbonyl (C=O) groups is 1. The maximum absolute atomic E-state index is 12.9. The first-order valence-electron chi connectivity index (χ1n) is 12.1. The molecule has 7 heteroatoms. The lowest BCUT2D eigenvalue weighted by atomic mass is 10.0. The molecule has 0 unspecified atom stereocenters. The Bertz CT molecular complexity index is 1410. The second kappa shape index (κ2) is 11.0. The van der Waals surface area contributed by atoms with E-state index in [1.807, 2.05) is 79.7 Å². The highest BCUT2D eigenvalue weighted by Crippen LogP contribution is 2.24. The van der Waals surface area contributed by atoms with Crippen molar-refractivity contribution in [1.29, 1.82) is 0 Å². The molecule has 2 aromatic heterocycles. The average molecular weight is 499 g/mol. The molecule has 0 spiro atoms. The molecule has 0 aliphatic carbocycles. The number of ether oxygens (including phenoxy) is 1. The number of fused-ring (bicyclic) bond motifs is 1. The molecule has 4 aromatic rings. The highest BCUT2D eigenvalue weighted by molar-refractivity contribution is 6.31. The molecule has 0 bridgehead atoms. The summed E-state index contributed by atoms with van der Waals surface area (Å²) in [6.07, 6.45) is 3.44. The van der Waals surface area contributed by atoms with E-state index in [-0.39, 0.29) is 11.9 Å². The zero-order chi connectivity index (χ0) is 24.9. The molecule has 1 amide bonds. The fourth-order valence-corrected chi connectivity index (χ4v) is 4.60. The van der Waals surface area contributed by atoms with E-state index in [1.165, 1.54) is 0 Å². The lowest BCUT2D eigenvalue weighted by Gasteiger charge is -2.21. The summed E-state index contributed by atoms with van der Waals surface area (Å²) in [5.41, 5.74) is 5.33. The lowest BCUT2D eigenvalue weighted by molar-refractivity contribution is -0.129. The third kappa shape index (κ3) is 5.61. The van der Waals surface area contributed by atoms with Crippen LogP contribution in [0.15, 0.2) is 84.1 Å². The van der Waals surface area contributed by atoms with Crippen LogP contribution in [0, 0.1) is 6.92 Å². The molecule has 5 rings (SSSR count). The van der Waals surface area contributed by atoms with Crippen molar-refractivity contribution in [2.75, 3.05) is 6.61 Å². The van der Waals surface area contributed by atoms with Gasteiger partial charge in [-0.2, -0.15) is 5.10 Å². The van der Waals surface area contributed by atoms with Crippen molar-refractivity contribution >= 4 is 34.1 Å². The summed E-state index contributed by atoms with van der Waals surface area (Å²) in [7, 11) is 0. The number of aryl methyl sites for hydroxylation is 1. The largest absolute Gasteiger partial charge is 0.375 e. The molecule has 1 fully saturated rings. The summed E-state index contributed by atoms with van der Waals surface area (Å²) in [5.74, 6) is -0.000155. The summed E-state index contributed by atoms with van der Waals surface area (Å²) in [6, 6.07) is 23.4. The first-order valence-corrected chi connectivity index (χ1v) is 12.4. The van der Waals surface area contributed by atoms with E-state index in [2.05, 4.69) is 4.98 Å². The molecule has 6 nitrogen and oxygen atoms in total. The molecular weight excluding hydrogens is 472 g/mol. The van der Waals surface area contributed by atoms with Gasteiger partial charge in [0.1, 0.15) is 0 Å². The number of nitrogens with zero attached hydrogens (tertiary/aromatic N) is 4. The lowest BCUT2D eigenvalue weighted by Crippen LogP contribution is -2.33. The standard InChI is InChI=1S/C29H27ClN4O2/c1-20-6-5-9-26(32-20)28(16-22-14-15-31-27-17-23(30)10-12-25(22)27)33-34-24(11-13-29(34)35)19-36-18-21-7-3-2-4-8-21/h2-10,12,14-15,17,24H,11,13,16,18-19H2,1H3/t24-/m0/s1. The molecule has 1 aliphatic rings. The van der Waals surface area contributed by atoms with Gasteiger partial charge in [0.2, 0.25) is 5.91 Å². The summed E-state index contributed by atoms with van der Waals surface area (Å²) in [4.78, 5) is 22.1. The topological polar surface area (TPSA) is 67.7 Å². The van der Waals surface area contributed by atoms with Crippen LogP contribution in [0.3, 0.4) is 0 Å². The highest BCUT2D eigenvalue weighted by Gasteiger charge is 2.32. The third-order valence-corrected chi connectivity index (χ3v) is 6.52. The molecule has 182 valence electrons. The zero-order valence-corrected chi connectivity index (χ0v) is 20.9. The van der Waals surface area contributed by atoms with E-state index in [1.54, 1.807) is 11.2 Å². The van der Waals surface area contributed by atoms with Crippen molar-refractivity contribution in [3.8, 4) is 0 Å². The Morgan fingerprint density at radius 1 is 1.11 bits per heavy atom. The number of rotatable bonds is 8. The van der Waals surface area contributed by atoms with Crippen LogP contribution in [0.25, 0.3) is 10.9 Å². The molecule has 36 heavy (non-hydrogen) atoms. The van der Waals surface area contributed by atoms with Gasteiger partial charge in [-0.1, -0.05) is 54.1 Å². The van der Waals surface area contributed by atoms with Crippen molar-refractivity contribution in [1.82, 2.24) is 15.0 Å². The molecule has 0 radical (unpaired) electrons. The molecule has 1 atom stereocenters. The van der Waals surface area contributed by atoms with Crippen LogP contribution in [0.2, 0.25) is 5.02 Å². The van der Waals surface area contributed by atoms with Crippen LogP contribution in [-0.4, -0.2) is 39.2 Å². The number of hydrazone groups is 1. The van der Waals surface area contributed by atoms with Crippen LogP contribution >= 0.6 is 11.6 Å². The monoisotopic (exact) mass is 498 g/mol. The van der Waals surface area contributed by atoms with E-state index < -0.39 is 0 Å². The minimum Gasteiger partial charge on any atom is -0.375 e.